The van der Waals surface area contributed by atoms with Crippen molar-refractivity contribution in [1.29, 1.82) is 0 Å². The van der Waals surface area contributed by atoms with Gasteiger partial charge >= 0.3 is 0 Å². The Kier molecular flexibility index (Phi) is 8.62. The maximum absolute atomic E-state index is 11.0. The zero-order chi connectivity index (χ0) is 23.0. The summed E-state index contributed by atoms with van der Waals surface area (Å²) in [5.41, 5.74) is 0.0840. The fourth-order valence-electron chi connectivity index (χ4n) is 2.95. The quantitative estimate of drug-likeness (QED) is 0.346. The molecule has 0 heterocycles. The predicted molar refractivity (Wildman–Crippen MR) is 131 cm³/mol. The van der Waals surface area contributed by atoms with Crippen LogP contribution in [-0.2, 0) is 4.52 Å². The van der Waals surface area contributed by atoms with Crippen molar-refractivity contribution >= 4 is 24.4 Å². The highest BCUT2D eigenvalue weighted by Crippen LogP contribution is 2.36. The molecule has 1 atom stereocenters. The Morgan fingerprint density at radius 1 is 0.906 bits per heavy atom. The second-order valence-corrected chi connectivity index (χ2v) is 10.2. The average molecular weight is 453 g/mol. The van der Waals surface area contributed by atoms with E-state index in [9.17, 15) is 5.21 Å². The first kappa shape index (κ1) is 24.2. The SMILES string of the molecule is CC(C)(C)NCC(COc1ccc(N([O-])O)cc1)OP(c1ccccc1)c1ccccc1. The molecule has 0 aromatic heterocycles. The van der Waals surface area contributed by atoms with Gasteiger partial charge in [0.15, 0.2) is 0 Å². The van der Waals surface area contributed by atoms with Gasteiger partial charge in [-0.15, -0.1) is 0 Å². The summed E-state index contributed by atoms with van der Waals surface area (Å²) in [6.45, 7) is 7.30. The van der Waals surface area contributed by atoms with E-state index < -0.39 is 8.15 Å². The van der Waals surface area contributed by atoms with Crippen LogP contribution in [0.1, 0.15) is 20.8 Å². The van der Waals surface area contributed by atoms with Crippen LogP contribution in [0.3, 0.4) is 0 Å². The lowest BCUT2D eigenvalue weighted by molar-refractivity contribution is 0.135. The molecule has 6 nitrogen and oxygen atoms in total. The third kappa shape index (κ3) is 7.59. The van der Waals surface area contributed by atoms with Gasteiger partial charge in [0.1, 0.15) is 18.5 Å². The highest BCUT2D eigenvalue weighted by atomic mass is 31.1. The van der Waals surface area contributed by atoms with Crippen LogP contribution in [0, 0.1) is 5.21 Å². The number of rotatable bonds is 10. The molecule has 3 rings (SSSR count). The van der Waals surface area contributed by atoms with Gasteiger partial charge in [0, 0.05) is 22.7 Å². The van der Waals surface area contributed by atoms with Crippen molar-refractivity contribution in [3.63, 3.8) is 0 Å². The van der Waals surface area contributed by atoms with Gasteiger partial charge in [0.25, 0.3) is 0 Å². The summed E-state index contributed by atoms with van der Waals surface area (Å²) in [6.07, 6.45) is -0.214. The predicted octanol–water partition coefficient (Wildman–Crippen LogP) is 4.58. The first-order chi connectivity index (χ1) is 15.3. The minimum absolute atomic E-state index is 0.0653. The Morgan fingerprint density at radius 3 is 1.91 bits per heavy atom. The molecule has 3 aromatic rings. The van der Waals surface area contributed by atoms with Crippen molar-refractivity contribution in [2.45, 2.75) is 32.4 Å². The molecule has 0 radical (unpaired) electrons. The largest absolute Gasteiger partial charge is 0.733 e. The maximum Gasteiger partial charge on any atom is 0.119 e. The number of anilines is 1. The molecular formula is C25H30N2O4P-. The van der Waals surface area contributed by atoms with Crippen molar-refractivity contribution in [2.24, 2.45) is 0 Å². The third-order valence-corrected chi connectivity index (χ3v) is 6.63. The molecule has 7 heteroatoms. The average Bonchev–Trinajstić information content (AvgIpc) is 2.79. The molecule has 0 saturated carbocycles. The van der Waals surface area contributed by atoms with E-state index >= 15 is 0 Å². The molecule has 170 valence electrons. The van der Waals surface area contributed by atoms with Gasteiger partial charge in [-0.3, -0.25) is 5.21 Å². The van der Waals surface area contributed by atoms with Gasteiger partial charge in [-0.25, -0.2) is 0 Å². The molecule has 0 saturated heterocycles. The molecule has 0 bridgehead atoms. The summed E-state index contributed by atoms with van der Waals surface area (Å²) in [5, 5.41) is 25.6. The second-order valence-electron chi connectivity index (χ2n) is 8.40. The van der Waals surface area contributed by atoms with Crippen LogP contribution >= 0.6 is 8.15 Å². The molecule has 32 heavy (non-hydrogen) atoms. The highest BCUT2D eigenvalue weighted by Gasteiger charge is 2.23. The van der Waals surface area contributed by atoms with Gasteiger partial charge in [-0.05, 0) is 45.0 Å². The Hall–Kier alpha value is -2.47. The molecule has 0 amide bonds. The van der Waals surface area contributed by atoms with Gasteiger partial charge < -0.3 is 25.0 Å². The van der Waals surface area contributed by atoms with Gasteiger partial charge in [-0.2, -0.15) is 0 Å². The lowest BCUT2D eigenvalue weighted by Crippen LogP contribution is -2.43. The van der Waals surface area contributed by atoms with Crippen molar-refractivity contribution in [3.05, 3.63) is 90.1 Å². The van der Waals surface area contributed by atoms with Crippen molar-refractivity contribution in [1.82, 2.24) is 5.32 Å². The number of nitrogens with zero attached hydrogens (tertiary/aromatic N) is 1. The normalized spacial score (nSPS) is 12.6. The Bertz CT molecular complexity index is 892. The van der Waals surface area contributed by atoms with Crippen LogP contribution in [0.5, 0.6) is 5.75 Å². The number of benzene rings is 3. The Labute approximate surface area is 191 Å². The number of hydrogen-bond donors (Lipinski definition) is 2. The van der Waals surface area contributed by atoms with E-state index in [2.05, 4.69) is 50.4 Å². The summed E-state index contributed by atoms with van der Waals surface area (Å²) >= 11 is 0. The zero-order valence-electron chi connectivity index (χ0n) is 18.6. The molecular weight excluding hydrogens is 423 g/mol. The molecule has 1 unspecified atom stereocenters. The van der Waals surface area contributed by atoms with Crippen molar-refractivity contribution in [2.75, 3.05) is 18.4 Å². The fraction of sp³-hybridized carbons (Fsp3) is 0.280. The summed E-state index contributed by atoms with van der Waals surface area (Å²) < 4.78 is 12.7. The van der Waals surface area contributed by atoms with E-state index in [1.807, 2.05) is 36.4 Å². The van der Waals surface area contributed by atoms with Crippen LogP contribution in [0.2, 0.25) is 0 Å². The minimum atomic E-state index is -1.03. The van der Waals surface area contributed by atoms with E-state index in [0.717, 1.165) is 10.6 Å². The molecule has 0 aliphatic heterocycles. The number of hydrogen-bond acceptors (Lipinski definition) is 6. The van der Waals surface area contributed by atoms with Crippen molar-refractivity contribution < 1.29 is 14.5 Å². The molecule has 0 aliphatic rings. The molecule has 2 N–H and O–H groups in total. The summed E-state index contributed by atoms with van der Waals surface area (Å²) in [5.74, 6) is 0.601. The summed E-state index contributed by atoms with van der Waals surface area (Å²) in [6, 6.07) is 26.8. The first-order valence-corrected chi connectivity index (χ1v) is 11.8. The Morgan fingerprint density at radius 2 is 1.44 bits per heavy atom. The van der Waals surface area contributed by atoms with Crippen molar-refractivity contribution in [3.8, 4) is 5.75 Å². The van der Waals surface area contributed by atoms with Crippen LogP contribution < -0.4 is 25.9 Å². The molecule has 0 spiro atoms. The third-order valence-electron chi connectivity index (χ3n) is 4.59. The topological polar surface area (TPSA) is 77.0 Å². The standard InChI is InChI=1S/C25H30N2O4P/c1-25(2,3)26-18-22(19-30-21-16-14-20(15-17-21)27(28)29)31-32(23-10-6-4-7-11-23)24-12-8-5-9-13-24/h4-17,22,26,28H,18-19H2,1-3H3/q-1. The molecule has 0 aliphatic carbocycles. The fourth-order valence-corrected chi connectivity index (χ4v) is 4.81. The zero-order valence-corrected chi connectivity index (χ0v) is 19.5. The van der Waals surface area contributed by atoms with E-state index in [-0.39, 0.29) is 22.6 Å². The van der Waals surface area contributed by atoms with Gasteiger partial charge in [-0.1, -0.05) is 60.7 Å². The van der Waals surface area contributed by atoms with Crippen LogP contribution in [-0.4, -0.2) is 30.0 Å². The minimum Gasteiger partial charge on any atom is -0.733 e. The van der Waals surface area contributed by atoms with Crippen LogP contribution in [0.15, 0.2) is 84.9 Å². The monoisotopic (exact) mass is 453 g/mol. The Balaban J connectivity index is 1.78. The molecule has 3 aromatic carbocycles. The van der Waals surface area contributed by atoms with E-state index in [1.165, 1.54) is 12.1 Å². The van der Waals surface area contributed by atoms with E-state index in [0.29, 0.717) is 18.9 Å². The number of nitrogens with one attached hydrogen (secondary N) is 1. The lowest BCUT2D eigenvalue weighted by atomic mass is 10.1. The highest BCUT2D eigenvalue weighted by molar-refractivity contribution is 7.68. The molecule has 0 fully saturated rings. The first-order valence-electron chi connectivity index (χ1n) is 10.5. The van der Waals surface area contributed by atoms with E-state index in [1.54, 1.807) is 12.1 Å². The maximum atomic E-state index is 11.0. The van der Waals surface area contributed by atoms with Crippen LogP contribution in [0.25, 0.3) is 0 Å². The lowest BCUT2D eigenvalue weighted by Gasteiger charge is -2.29. The summed E-state index contributed by atoms with van der Waals surface area (Å²) in [4.78, 5) is 0. The number of ether oxygens (including phenoxy) is 1. The second kappa shape index (κ2) is 11.4. The van der Waals surface area contributed by atoms with Crippen LogP contribution in [0.4, 0.5) is 5.69 Å². The van der Waals surface area contributed by atoms with E-state index in [4.69, 9.17) is 14.5 Å². The smallest absolute Gasteiger partial charge is 0.119 e. The van der Waals surface area contributed by atoms with Gasteiger partial charge in [0.2, 0.25) is 0 Å². The summed E-state index contributed by atoms with van der Waals surface area (Å²) in [7, 11) is -1.03. The van der Waals surface area contributed by atoms with Gasteiger partial charge in [0.05, 0.1) is 13.8 Å².